The van der Waals surface area contributed by atoms with Gasteiger partial charge in [0.1, 0.15) is 5.60 Å². The van der Waals surface area contributed by atoms with Crippen LogP contribution in [0.4, 0.5) is 4.79 Å². The SMILES string of the molecule is CC.CC(C)(C)OC(=O)NCC(=O)NCCN1CCOCC1. The Labute approximate surface area is 133 Å². The number of carbonyl (C=O) groups is 2. The first kappa shape index (κ1) is 20.7. The van der Waals surface area contributed by atoms with Gasteiger partial charge in [-0.1, -0.05) is 13.8 Å². The summed E-state index contributed by atoms with van der Waals surface area (Å²) in [4.78, 5) is 25.1. The highest BCUT2D eigenvalue weighted by atomic mass is 16.6. The Morgan fingerprint density at radius 1 is 1.14 bits per heavy atom. The van der Waals surface area contributed by atoms with Crippen LogP contribution in [0, 0.1) is 0 Å². The summed E-state index contributed by atoms with van der Waals surface area (Å²) in [5.41, 5.74) is -0.559. The second-order valence-corrected chi connectivity index (χ2v) is 5.66. The predicted octanol–water partition coefficient (Wildman–Crippen LogP) is 0.986. The van der Waals surface area contributed by atoms with Crippen molar-refractivity contribution in [2.45, 2.75) is 40.2 Å². The molecule has 7 nitrogen and oxygen atoms in total. The van der Waals surface area contributed by atoms with Crippen LogP contribution in [-0.4, -0.2) is 68.4 Å². The van der Waals surface area contributed by atoms with Crippen molar-refractivity contribution in [1.82, 2.24) is 15.5 Å². The topological polar surface area (TPSA) is 79.9 Å². The summed E-state index contributed by atoms with van der Waals surface area (Å²) in [6.45, 7) is 13.9. The third-order valence-electron chi connectivity index (χ3n) is 2.65. The third kappa shape index (κ3) is 11.3. The van der Waals surface area contributed by atoms with Crippen LogP contribution >= 0.6 is 0 Å². The Bertz CT molecular complexity index is 323. The summed E-state index contributed by atoms with van der Waals surface area (Å²) in [5, 5.41) is 5.18. The zero-order valence-corrected chi connectivity index (χ0v) is 14.5. The molecule has 0 unspecified atom stereocenters. The molecular formula is C15H31N3O4. The molecule has 1 saturated heterocycles. The Morgan fingerprint density at radius 3 is 2.27 bits per heavy atom. The molecule has 0 saturated carbocycles. The van der Waals surface area contributed by atoms with Gasteiger partial charge in [-0.05, 0) is 20.8 Å². The fourth-order valence-corrected chi connectivity index (χ4v) is 1.71. The van der Waals surface area contributed by atoms with Crippen molar-refractivity contribution >= 4 is 12.0 Å². The van der Waals surface area contributed by atoms with Gasteiger partial charge in [-0.15, -0.1) is 0 Å². The molecule has 130 valence electrons. The molecule has 2 N–H and O–H groups in total. The van der Waals surface area contributed by atoms with E-state index in [1.807, 2.05) is 13.8 Å². The van der Waals surface area contributed by atoms with Crippen molar-refractivity contribution in [2.24, 2.45) is 0 Å². The van der Waals surface area contributed by atoms with E-state index in [0.29, 0.717) is 6.54 Å². The number of carbonyl (C=O) groups excluding carboxylic acids is 2. The lowest BCUT2D eigenvalue weighted by Crippen LogP contribution is -2.44. The number of hydrogen-bond donors (Lipinski definition) is 2. The molecule has 1 heterocycles. The van der Waals surface area contributed by atoms with E-state index in [4.69, 9.17) is 9.47 Å². The first-order valence-electron chi connectivity index (χ1n) is 7.90. The van der Waals surface area contributed by atoms with Gasteiger partial charge in [-0.25, -0.2) is 4.79 Å². The molecule has 1 rings (SSSR count). The van der Waals surface area contributed by atoms with Crippen LogP contribution in [-0.2, 0) is 14.3 Å². The summed E-state index contributed by atoms with van der Waals surface area (Å²) in [5.74, 6) is -0.218. The van der Waals surface area contributed by atoms with E-state index in [1.165, 1.54) is 0 Å². The van der Waals surface area contributed by atoms with Gasteiger partial charge in [-0.2, -0.15) is 0 Å². The largest absolute Gasteiger partial charge is 0.444 e. The predicted molar refractivity (Wildman–Crippen MR) is 85.9 cm³/mol. The van der Waals surface area contributed by atoms with Crippen LogP contribution in [0.3, 0.4) is 0 Å². The fraction of sp³-hybridized carbons (Fsp3) is 0.867. The Morgan fingerprint density at radius 2 is 1.73 bits per heavy atom. The van der Waals surface area contributed by atoms with Crippen molar-refractivity contribution in [2.75, 3.05) is 45.9 Å². The molecule has 1 aliphatic heterocycles. The monoisotopic (exact) mass is 317 g/mol. The number of amides is 2. The van der Waals surface area contributed by atoms with E-state index in [2.05, 4.69) is 15.5 Å². The average Bonchev–Trinajstić information content (AvgIpc) is 2.47. The zero-order valence-electron chi connectivity index (χ0n) is 14.5. The van der Waals surface area contributed by atoms with E-state index in [1.54, 1.807) is 20.8 Å². The summed E-state index contributed by atoms with van der Waals surface area (Å²) in [6.07, 6.45) is -0.583. The maximum atomic E-state index is 11.5. The second-order valence-electron chi connectivity index (χ2n) is 5.66. The molecule has 0 atom stereocenters. The number of rotatable bonds is 5. The summed E-state index contributed by atoms with van der Waals surface area (Å²) in [7, 11) is 0. The number of ether oxygens (including phenoxy) is 2. The highest BCUT2D eigenvalue weighted by Gasteiger charge is 2.16. The van der Waals surface area contributed by atoms with E-state index in [0.717, 1.165) is 32.8 Å². The quantitative estimate of drug-likeness (QED) is 0.790. The lowest BCUT2D eigenvalue weighted by molar-refractivity contribution is -0.120. The molecule has 7 heteroatoms. The fourth-order valence-electron chi connectivity index (χ4n) is 1.71. The van der Waals surface area contributed by atoms with Crippen molar-refractivity contribution in [3.63, 3.8) is 0 Å². The first-order chi connectivity index (χ1) is 10.4. The van der Waals surface area contributed by atoms with Gasteiger partial charge < -0.3 is 20.1 Å². The van der Waals surface area contributed by atoms with Crippen LogP contribution in [0.1, 0.15) is 34.6 Å². The highest BCUT2D eigenvalue weighted by Crippen LogP contribution is 2.05. The molecule has 0 spiro atoms. The summed E-state index contributed by atoms with van der Waals surface area (Å²) in [6, 6.07) is 0. The molecule has 0 radical (unpaired) electrons. The van der Waals surface area contributed by atoms with Crippen LogP contribution in [0.15, 0.2) is 0 Å². The number of nitrogens with one attached hydrogen (secondary N) is 2. The maximum absolute atomic E-state index is 11.5. The van der Waals surface area contributed by atoms with Crippen molar-refractivity contribution in [3.8, 4) is 0 Å². The van der Waals surface area contributed by atoms with Crippen LogP contribution in [0.25, 0.3) is 0 Å². The Hall–Kier alpha value is -1.34. The van der Waals surface area contributed by atoms with Gasteiger partial charge in [-0.3, -0.25) is 9.69 Å². The Kier molecular flexibility index (Phi) is 10.6. The van der Waals surface area contributed by atoms with Gasteiger partial charge in [0.05, 0.1) is 19.8 Å². The summed E-state index contributed by atoms with van der Waals surface area (Å²) < 4.78 is 10.3. The van der Waals surface area contributed by atoms with Crippen molar-refractivity contribution in [1.29, 1.82) is 0 Å². The molecule has 2 amide bonds. The number of morpholine rings is 1. The smallest absolute Gasteiger partial charge is 0.408 e. The average molecular weight is 317 g/mol. The number of hydrogen-bond acceptors (Lipinski definition) is 5. The minimum absolute atomic E-state index is 0.0714. The van der Waals surface area contributed by atoms with Gasteiger partial charge in [0, 0.05) is 26.2 Å². The van der Waals surface area contributed by atoms with E-state index in [9.17, 15) is 9.59 Å². The van der Waals surface area contributed by atoms with Crippen molar-refractivity contribution < 1.29 is 19.1 Å². The van der Waals surface area contributed by atoms with Gasteiger partial charge in [0.15, 0.2) is 0 Å². The van der Waals surface area contributed by atoms with Crippen LogP contribution < -0.4 is 10.6 Å². The first-order valence-corrected chi connectivity index (χ1v) is 7.90. The van der Waals surface area contributed by atoms with E-state index >= 15 is 0 Å². The van der Waals surface area contributed by atoms with E-state index < -0.39 is 11.7 Å². The molecule has 0 bridgehead atoms. The lowest BCUT2D eigenvalue weighted by Gasteiger charge is -2.26. The van der Waals surface area contributed by atoms with Crippen LogP contribution in [0.5, 0.6) is 0 Å². The third-order valence-corrected chi connectivity index (χ3v) is 2.65. The van der Waals surface area contributed by atoms with Crippen molar-refractivity contribution in [3.05, 3.63) is 0 Å². The maximum Gasteiger partial charge on any atom is 0.408 e. The number of alkyl carbamates (subject to hydrolysis) is 1. The van der Waals surface area contributed by atoms with Crippen LogP contribution in [0.2, 0.25) is 0 Å². The van der Waals surface area contributed by atoms with Gasteiger partial charge in [0.2, 0.25) is 5.91 Å². The zero-order chi connectivity index (χ0) is 17.0. The number of nitrogens with zero attached hydrogens (tertiary/aromatic N) is 1. The normalized spacial score (nSPS) is 15.3. The molecule has 22 heavy (non-hydrogen) atoms. The van der Waals surface area contributed by atoms with Gasteiger partial charge >= 0.3 is 6.09 Å². The minimum Gasteiger partial charge on any atom is -0.444 e. The second kappa shape index (κ2) is 11.3. The molecule has 0 aliphatic carbocycles. The van der Waals surface area contributed by atoms with Gasteiger partial charge in [0.25, 0.3) is 0 Å². The standard InChI is InChI=1S/C13H25N3O4.C2H6/c1-13(2,3)20-12(18)15-10-11(17)14-4-5-16-6-8-19-9-7-16;1-2/h4-10H2,1-3H3,(H,14,17)(H,15,18);1-2H3. The molecule has 0 aromatic heterocycles. The molecule has 1 fully saturated rings. The van der Waals surface area contributed by atoms with E-state index in [-0.39, 0.29) is 12.5 Å². The summed E-state index contributed by atoms with van der Waals surface area (Å²) >= 11 is 0. The molecular weight excluding hydrogens is 286 g/mol. The highest BCUT2D eigenvalue weighted by molar-refractivity contribution is 5.82. The molecule has 1 aliphatic rings. The molecule has 0 aromatic rings. The minimum atomic E-state index is -0.583. The molecule has 0 aromatic carbocycles. The Balaban J connectivity index is 0.00000211. The lowest BCUT2D eigenvalue weighted by atomic mass is 10.2.